The van der Waals surface area contributed by atoms with E-state index in [2.05, 4.69) is 26.6 Å². The van der Waals surface area contributed by atoms with Gasteiger partial charge in [0.1, 0.15) is 48.3 Å². The van der Waals surface area contributed by atoms with Crippen LogP contribution in [0.1, 0.15) is 167 Å². The summed E-state index contributed by atoms with van der Waals surface area (Å²) in [7, 11) is 8.68. The van der Waals surface area contributed by atoms with Gasteiger partial charge in [-0.1, -0.05) is 102 Å². The molecule has 0 radical (unpaired) electrons. The van der Waals surface area contributed by atoms with E-state index in [4.69, 9.17) is 0 Å². The number of hydrogen-bond acceptors (Lipinski definition) is 13. The van der Waals surface area contributed by atoms with Crippen LogP contribution in [0.3, 0.4) is 0 Å². The third kappa shape index (κ3) is 25.1. The SMILES string of the molecule is CC[C@H](C)[C@@H]1NC(=O)[C@H](CC(C)C)N(C)C(=O)[C@H](CC(C)C)N(C)C(=O)C[C@H](C)NC(=O)[C@H](CC(C)C)N(C)C(=O)[C@H](Cc2ccc(C(F)(F)F)cc2)NC(=O)[C@H]([C@@H](C)O)NC(=O)[C@H](CC(C)C)CN(C)CC(=O)[C@H](CC(C)C)N(C)C(=O)[C@H](C)N(C)C(=O)[C@H](C)NC1=O. The predicted octanol–water partition coefficient (Wildman–Crippen LogP) is 5.04. The Morgan fingerprint density at radius 3 is 1.43 bits per heavy atom. The molecule has 0 aromatic heterocycles. The van der Waals surface area contributed by atoms with E-state index in [9.17, 15) is 71.0 Å². The van der Waals surface area contributed by atoms with Gasteiger partial charge in [-0.25, -0.2) is 0 Å². The highest BCUT2D eigenvalue weighted by atomic mass is 19.4. The molecule has 534 valence electrons. The molecule has 1 aromatic carbocycles. The second-order valence-corrected chi connectivity index (χ2v) is 28.5. The molecule has 0 bridgehead atoms. The summed E-state index contributed by atoms with van der Waals surface area (Å²) in [6, 6.07) is -8.45. The molecule has 1 aliphatic rings. The van der Waals surface area contributed by atoms with Crippen molar-refractivity contribution in [2.75, 3.05) is 55.4 Å². The van der Waals surface area contributed by atoms with Crippen molar-refractivity contribution in [3.63, 3.8) is 0 Å². The number of amides is 10. The Balaban J connectivity index is 2.94. The largest absolute Gasteiger partial charge is 0.416 e. The molecule has 13 atom stereocenters. The quantitative estimate of drug-likeness (QED) is 0.134. The van der Waals surface area contributed by atoms with Crippen LogP contribution in [-0.4, -0.2) is 221 Å². The fourth-order valence-corrected chi connectivity index (χ4v) is 11.6. The number of alkyl halides is 3. The molecule has 1 heterocycles. The third-order valence-electron chi connectivity index (χ3n) is 17.5. The molecule has 0 aliphatic carbocycles. The molecule has 23 nitrogen and oxygen atoms in total. The number of rotatable bonds is 15. The van der Waals surface area contributed by atoms with Gasteiger partial charge in [0.2, 0.25) is 59.1 Å². The Morgan fingerprint density at radius 2 is 0.947 bits per heavy atom. The van der Waals surface area contributed by atoms with Gasteiger partial charge in [0.15, 0.2) is 5.78 Å². The van der Waals surface area contributed by atoms with Crippen LogP contribution in [0.2, 0.25) is 0 Å². The molecule has 1 fully saturated rings. The summed E-state index contributed by atoms with van der Waals surface area (Å²) >= 11 is 0. The smallest absolute Gasteiger partial charge is 0.391 e. The van der Waals surface area contributed by atoms with E-state index in [0.29, 0.717) is 6.42 Å². The van der Waals surface area contributed by atoms with Gasteiger partial charge >= 0.3 is 6.18 Å². The highest BCUT2D eigenvalue weighted by Gasteiger charge is 2.42. The van der Waals surface area contributed by atoms with Crippen LogP contribution in [-0.2, 0) is 65.3 Å². The molecule has 1 aromatic rings. The predicted molar refractivity (Wildman–Crippen MR) is 354 cm³/mol. The summed E-state index contributed by atoms with van der Waals surface area (Å²) < 4.78 is 41.3. The number of Topliss-reactive ketones (excluding diaryl/α,β-unsaturated/α-hetero) is 1. The number of aliphatic hydroxyl groups excluding tert-OH is 1. The molecular formula is C68H114F3N11O12. The van der Waals surface area contributed by atoms with Gasteiger partial charge in [-0.2, -0.15) is 13.2 Å². The number of benzene rings is 1. The second-order valence-electron chi connectivity index (χ2n) is 28.5. The second kappa shape index (κ2) is 37.6. The van der Waals surface area contributed by atoms with Crippen molar-refractivity contribution in [3.8, 4) is 0 Å². The Kier molecular flexibility index (Phi) is 33.3. The molecular weight excluding hydrogens is 1220 g/mol. The summed E-state index contributed by atoms with van der Waals surface area (Å²) in [6.07, 6.45) is -5.83. The number of carbonyl (C=O) groups is 11. The van der Waals surface area contributed by atoms with Gasteiger partial charge in [-0.05, 0) is 120 Å². The standard InChI is InChI=1S/C68H114F3N11O12/c1-23-42(12)57-62(89)73-44(14)64(91)78(18)45(15)65(92)80(20)51(29-38(4)5)55(84)36-77(17)35-48(28-37(2)3)59(86)76-58(46(16)83)63(90)74-50(34-47-24-26-49(27-25-47)68(69,70)71)66(93)81(21)52(30-39(6)7)60(87)72-43(13)33-56(85)79(19)54(32-41(10)11)67(94)82(22)53(31-40(8)9)61(88)75-57/h24-27,37-46,48,50-54,57-58,83H,23,28-36H2,1-22H3,(H,72,87)(H,73,89)(H,74,90)(H,75,88)(H,76,86)/t42-,43-,44-,45-,46+,48+,50-,51-,52-,53-,54-,57-,58-/m0/s1. The zero-order valence-electron chi connectivity index (χ0n) is 60.0. The van der Waals surface area contributed by atoms with Crippen LogP contribution >= 0.6 is 0 Å². The number of likely N-dealkylation sites (N-methyl/N-ethyl adjacent to an activating group) is 6. The zero-order valence-corrected chi connectivity index (χ0v) is 60.0. The lowest BCUT2D eigenvalue weighted by Crippen LogP contribution is -2.61. The van der Waals surface area contributed by atoms with Crippen molar-refractivity contribution >= 4 is 64.9 Å². The van der Waals surface area contributed by atoms with Crippen molar-refractivity contribution < 1.29 is 71.0 Å². The molecule has 0 spiro atoms. The maximum atomic E-state index is 15.0. The highest BCUT2D eigenvalue weighted by molar-refractivity contribution is 5.98. The summed E-state index contributed by atoms with van der Waals surface area (Å²) in [5.41, 5.74) is -0.798. The minimum atomic E-state index is -4.70. The maximum absolute atomic E-state index is 15.0. The van der Waals surface area contributed by atoms with E-state index in [1.165, 1.54) is 75.6 Å². The molecule has 0 unspecified atom stereocenters. The third-order valence-corrected chi connectivity index (χ3v) is 17.5. The fraction of sp³-hybridized carbons (Fsp3) is 0.750. The van der Waals surface area contributed by atoms with E-state index in [0.717, 1.165) is 29.2 Å². The van der Waals surface area contributed by atoms with Gasteiger partial charge in [-0.3, -0.25) is 57.6 Å². The average molecular weight is 1330 g/mol. The van der Waals surface area contributed by atoms with Crippen LogP contribution in [0.4, 0.5) is 13.2 Å². The minimum Gasteiger partial charge on any atom is -0.391 e. The average Bonchev–Trinajstić information content (AvgIpc) is 0.854. The summed E-state index contributed by atoms with van der Waals surface area (Å²) in [6.45, 7) is 27.5. The van der Waals surface area contributed by atoms with Gasteiger partial charge < -0.3 is 56.2 Å². The van der Waals surface area contributed by atoms with E-state index >= 15 is 0 Å². The number of hydrogen-bond donors (Lipinski definition) is 6. The number of nitrogens with one attached hydrogen (secondary N) is 5. The molecule has 26 heteroatoms. The number of ketones is 1. The van der Waals surface area contributed by atoms with E-state index < -0.39 is 156 Å². The molecule has 94 heavy (non-hydrogen) atoms. The lowest BCUT2D eigenvalue weighted by molar-refractivity contribution is -0.149. The van der Waals surface area contributed by atoms with Crippen LogP contribution in [0.5, 0.6) is 0 Å². The van der Waals surface area contributed by atoms with Gasteiger partial charge in [-0.15, -0.1) is 0 Å². The molecule has 0 saturated carbocycles. The number of halogens is 3. The van der Waals surface area contributed by atoms with Crippen LogP contribution in [0.15, 0.2) is 24.3 Å². The first-order valence-electron chi connectivity index (χ1n) is 33.3. The normalized spacial score (nSPS) is 26.7. The fourth-order valence-electron chi connectivity index (χ4n) is 11.6. The lowest BCUT2D eigenvalue weighted by Gasteiger charge is -2.37. The maximum Gasteiger partial charge on any atom is 0.416 e. The van der Waals surface area contributed by atoms with E-state index in [-0.39, 0.29) is 92.6 Å². The first-order valence-corrected chi connectivity index (χ1v) is 33.3. The van der Waals surface area contributed by atoms with Crippen molar-refractivity contribution in [1.29, 1.82) is 0 Å². The summed E-state index contributed by atoms with van der Waals surface area (Å²) in [4.78, 5) is 168. The van der Waals surface area contributed by atoms with Gasteiger partial charge in [0, 0.05) is 60.7 Å². The van der Waals surface area contributed by atoms with Crippen molar-refractivity contribution in [2.24, 2.45) is 41.4 Å². The first-order chi connectivity index (χ1) is 43.4. The summed E-state index contributed by atoms with van der Waals surface area (Å²) in [5, 5.41) is 24.9. The Hall–Kier alpha value is -6.70. The number of nitrogens with zero attached hydrogens (tertiary/aromatic N) is 6. The molecule has 2 rings (SSSR count). The molecule has 10 amide bonds. The highest BCUT2D eigenvalue weighted by Crippen LogP contribution is 2.30. The van der Waals surface area contributed by atoms with Crippen molar-refractivity contribution in [1.82, 2.24) is 56.0 Å². The van der Waals surface area contributed by atoms with Crippen LogP contribution in [0.25, 0.3) is 0 Å². The Labute approximate surface area is 556 Å². The number of carbonyl (C=O) groups excluding carboxylic acids is 11. The lowest BCUT2D eigenvalue weighted by atomic mass is 9.94. The van der Waals surface area contributed by atoms with E-state index in [1.54, 1.807) is 39.6 Å². The monoisotopic (exact) mass is 1330 g/mol. The van der Waals surface area contributed by atoms with Gasteiger partial charge in [0.05, 0.1) is 30.2 Å². The topological polar surface area (TPSA) is 288 Å². The van der Waals surface area contributed by atoms with Crippen LogP contribution in [0, 0.1) is 41.4 Å². The first kappa shape index (κ1) is 83.4. The zero-order chi connectivity index (χ0) is 72.3. The Morgan fingerprint density at radius 1 is 0.500 bits per heavy atom. The minimum absolute atomic E-state index is 0.0488. The molecule has 1 aliphatic heterocycles. The van der Waals surface area contributed by atoms with Crippen molar-refractivity contribution in [2.45, 2.75) is 235 Å². The van der Waals surface area contributed by atoms with Crippen LogP contribution < -0.4 is 26.6 Å². The van der Waals surface area contributed by atoms with Crippen molar-refractivity contribution in [3.05, 3.63) is 35.4 Å². The van der Waals surface area contributed by atoms with Gasteiger partial charge in [0.25, 0.3) is 0 Å². The molecule has 6 N–H and O–H groups in total. The number of aliphatic hydroxyl groups is 1. The van der Waals surface area contributed by atoms with E-state index in [1.807, 2.05) is 62.3 Å². The molecule has 1 saturated heterocycles. The Bertz CT molecular complexity index is 2730. The summed E-state index contributed by atoms with van der Waals surface area (Å²) in [5.74, 6) is -9.59.